The Morgan fingerprint density at radius 1 is 1.08 bits per heavy atom. The van der Waals surface area contributed by atoms with Crippen LogP contribution in [0.2, 0.25) is 0 Å². The van der Waals surface area contributed by atoms with Gasteiger partial charge in [0.25, 0.3) is 0 Å². The van der Waals surface area contributed by atoms with Crippen molar-refractivity contribution in [3.05, 3.63) is 42.7 Å². The molecule has 6 nitrogen and oxygen atoms in total. The molecule has 1 aromatic carbocycles. The van der Waals surface area contributed by atoms with Gasteiger partial charge in [-0.2, -0.15) is 0 Å². The zero-order chi connectivity index (χ0) is 17.2. The van der Waals surface area contributed by atoms with Gasteiger partial charge in [-0.3, -0.25) is 4.98 Å². The maximum absolute atomic E-state index is 5.96. The largest absolute Gasteiger partial charge is 0.481 e. The van der Waals surface area contributed by atoms with Crippen molar-refractivity contribution in [1.29, 1.82) is 0 Å². The van der Waals surface area contributed by atoms with E-state index in [0.29, 0.717) is 11.9 Å². The summed E-state index contributed by atoms with van der Waals surface area (Å²) in [5.41, 5.74) is 8.75. The summed E-state index contributed by atoms with van der Waals surface area (Å²) < 4.78 is 5.17. The van der Waals surface area contributed by atoms with Gasteiger partial charge in [0.15, 0.2) is 0 Å². The van der Waals surface area contributed by atoms with Gasteiger partial charge >= 0.3 is 0 Å². The van der Waals surface area contributed by atoms with Gasteiger partial charge in [-0.1, -0.05) is 6.07 Å². The second kappa shape index (κ2) is 6.64. The standard InChI is InChI=1S/C19H21N5O/c1-25-19-5-3-13-10-14(2-4-16(13)23-19)17-11-22-18(12-21-17)24-8-6-15(20)7-9-24/h2-5,10-12,15H,6-9,20H2,1H3. The van der Waals surface area contributed by atoms with Crippen molar-refractivity contribution < 1.29 is 4.74 Å². The van der Waals surface area contributed by atoms with Gasteiger partial charge in [0.2, 0.25) is 5.88 Å². The Kier molecular flexibility index (Phi) is 4.19. The van der Waals surface area contributed by atoms with Crippen molar-refractivity contribution in [1.82, 2.24) is 15.0 Å². The van der Waals surface area contributed by atoms with Gasteiger partial charge < -0.3 is 15.4 Å². The van der Waals surface area contributed by atoms with E-state index < -0.39 is 0 Å². The fourth-order valence-electron chi connectivity index (χ4n) is 3.14. The molecule has 0 saturated carbocycles. The Morgan fingerprint density at radius 2 is 1.92 bits per heavy atom. The Labute approximate surface area is 146 Å². The molecule has 1 aliphatic rings. The fraction of sp³-hybridized carbons (Fsp3) is 0.316. The van der Waals surface area contributed by atoms with Crippen LogP contribution in [0.1, 0.15) is 12.8 Å². The van der Waals surface area contributed by atoms with Crippen LogP contribution in [0.3, 0.4) is 0 Å². The summed E-state index contributed by atoms with van der Waals surface area (Å²) in [4.78, 5) is 15.9. The van der Waals surface area contributed by atoms with Gasteiger partial charge in [0.1, 0.15) is 5.82 Å². The molecule has 0 amide bonds. The number of aromatic nitrogens is 3. The van der Waals surface area contributed by atoms with Crippen LogP contribution in [0.5, 0.6) is 5.88 Å². The smallest absolute Gasteiger partial charge is 0.213 e. The monoisotopic (exact) mass is 335 g/mol. The average molecular weight is 335 g/mol. The molecule has 1 fully saturated rings. The molecule has 0 unspecified atom stereocenters. The number of benzene rings is 1. The van der Waals surface area contributed by atoms with E-state index in [4.69, 9.17) is 10.5 Å². The lowest BCUT2D eigenvalue weighted by molar-refractivity contribution is 0.399. The number of nitrogens with two attached hydrogens (primary N) is 1. The van der Waals surface area contributed by atoms with Crippen molar-refractivity contribution in [2.45, 2.75) is 18.9 Å². The molecule has 1 saturated heterocycles. The van der Waals surface area contributed by atoms with Crippen molar-refractivity contribution in [3.63, 3.8) is 0 Å². The van der Waals surface area contributed by atoms with Crippen LogP contribution in [-0.4, -0.2) is 41.2 Å². The highest BCUT2D eigenvalue weighted by Crippen LogP contribution is 2.24. The first-order valence-electron chi connectivity index (χ1n) is 8.51. The maximum Gasteiger partial charge on any atom is 0.213 e. The molecule has 0 radical (unpaired) electrons. The average Bonchev–Trinajstić information content (AvgIpc) is 2.68. The summed E-state index contributed by atoms with van der Waals surface area (Å²) >= 11 is 0. The number of anilines is 1. The highest BCUT2D eigenvalue weighted by atomic mass is 16.5. The van der Waals surface area contributed by atoms with Crippen molar-refractivity contribution in [3.8, 4) is 17.1 Å². The number of nitrogens with zero attached hydrogens (tertiary/aromatic N) is 4. The Bertz CT molecular complexity index is 873. The number of hydrogen-bond acceptors (Lipinski definition) is 6. The molecule has 1 aliphatic heterocycles. The minimum absolute atomic E-state index is 0.313. The molecule has 2 N–H and O–H groups in total. The summed E-state index contributed by atoms with van der Waals surface area (Å²) in [6, 6.07) is 10.2. The van der Waals surface area contributed by atoms with Crippen LogP contribution in [0, 0.1) is 0 Å². The molecular weight excluding hydrogens is 314 g/mol. The lowest BCUT2D eigenvalue weighted by Crippen LogP contribution is -2.40. The van der Waals surface area contributed by atoms with Crippen LogP contribution >= 0.6 is 0 Å². The Morgan fingerprint density at radius 3 is 2.64 bits per heavy atom. The molecule has 2 aromatic heterocycles. The first-order chi connectivity index (χ1) is 12.2. The highest BCUT2D eigenvalue weighted by molar-refractivity contribution is 5.84. The molecular formula is C19H21N5O. The Balaban J connectivity index is 1.58. The number of ether oxygens (including phenoxy) is 1. The van der Waals surface area contributed by atoms with E-state index in [1.165, 1.54) is 0 Å². The first-order valence-corrected chi connectivity index (χ1v) is 8.51. The molecule has 128 valence electrons. The van der Waals surface area contributed by atoms with Crippen molar-refractivity contribution in [2.24, 2.45) is 5.73 Å². The van der Waals surface area contributed by atoms with Crippen LogP contribution in [-0.2, 0) is 0 Å². The van der Waals surface area contributed by atoms with Crippen LogP contribution in [0.25, 0.3) is 22.2 Å². The summed E-state index contributed by atoms with van der Waals surface area (Å²) in [5, 5.41) is 1.05. The van der Waals surface area contributed by atoms with Crippen LogP contribution in [0.15, 0.2) is 42.7 Å². The van der Waals surface area contributed by atoms with Crippen LogP contribution < -0.4 is 15.4 Å². The van der Waals surface area contributed by atoms with E-state index >= 15 is 0 Å². The van der Waals surface area contributed by atoms with E-state index in [2.05, 4.69) is 25.9 Å². The molecule has 0 bridgehead atoms. The van der Waals surface area contributed by atoms with E-state index in [-0.39, 0.29) is 0 Å². The second-order valence-corrected chi connectivity index (χ2v) is 6.35. The molecule has 0 spiro atoms. The van der Waals surface area contributed by atoms with Gasteiger partial charge in [-0.15, -0.1) is 0 Å². The minimum atomic E-state index is 0.313. The molecule has 0 atom stereocenters. The Hall–Kier alpha value is -2.73. The zero-order valence-corrected chi connectivity index (χ0v) is 14.2. The fourth-order valence-corrected chi connectivity index (χ4v) is 3.14. The van der Waals surface area contributed by atoms with Crippen LogP contribution in [0.4, 0.5) is 5.82 Å². The number of rotatable bonds is 3. The first kappa shape index (κ1) is 15.8. The van der Waals surface area contributed by atoms with E-state index in [0.717, 1.165) is 53.9 Å². The molecule has 6 heteroatoms. The van der Waals surface area contributed by atoms with Gasteiger partial charge in [-0.05, 0) is 31.0 Å². The number of piperidine rings is 1. The summed E-state index contributed by atoms with van der Waals surface area (Å²) in [5.74, 6) is 1.54. The molecule has 25 heavy (non-hydrogen) atoms. The predicted molar refractivity (Wildman–Crippen MR) is 98.7 cm³/mol. The maximum atomic E-state index is 5.96. The van der Waals surface area contributed by atoms with Gasteiger partial charge in [0.05, 0.1) is 30.7 Å². The van der Waals surface area contributed by atoms with E-state index in [1.807, 2.05) is 36.7 Å². The molecule has 0 aliphatic carbocycles. The lowest BCUT2D eigenvalue weighted by Gasteiger charge is -2.30. The zero-order valence-electron chi connectivity index (χ0n) is 14.2. The quantitative estimate of drug-likeness (QED) is 0.793. The van der Waals surface area contributed by atoms with Gasteiger partial charge in [-0.25, -0.2) is 9.97 Å². The number of methoxy groups -OCH3 is 1. The lowest BCUT2D eigenvalue weighted by atomic mass is 10.1. The topological polar surface area (TPSA) is 77.2 Å². The third kappa shape index (κ3) is 3.25. The second-order valence-electron chi connectivity index (χ2n) is 6.35. The number of fused-ring (bicyclic) bond motifs is 1. The molecule has 3 aromatic rings. The summed E-state index contributed by atoms with van der Waals surface area (Å²) in [7, 11) is 1.62. The molecule has 4 rings (SSSR count). The third-order valence-corrected chi connectivity index (χ3v) is 4.67. The third-order valence-electron chi connectivity index (χ3n) is 4.67. The summed E-state index contributed by atoms with van der Waals surface area (Å²) in [6.45, 7) is 1.89. The van der Waals surface area contributed by atoms with Crippen molar-refractivity contribution in [2.75, 3.05) is 25.1 Å². The summed E-state index contributed by atoms with van der Waals surface area (Å²) in [6.07, 6.45) is 5.69. The van der Waals surface area contributed by atoms with Gasteiger partial charge in [0, 0.05) is 36.1 Å². The van der Waals surface area contributed by atoms with E-state index in [9.17, 15) is 0 Å². The number of hydrogen-bond donors (Lipinski definition) is 1. The van der Waals surface area contributed by atoms with Crippen molar-refractivity contribution >= 4 is 16.7 Å². The molecule has 3 heterocycles. The SMILES string of the molecule is COc1ccc2cc(-c3cnc(N4CCC(N)CC4)cn3)ccc2n1. The predicted octanol–water partition coefficient (Wildman–Crippen LogP) is 2.63. The minimum Gasteiger partial charge on any atom is -0.481 e. The normalized spacial score (nSPS) is 15.5. The number of pyridine rings is 1. The van der Waals surface area contributed by atoms with E-state index in [1.54, 1.807) is 7.11 Å². The highest BCUT2D eigenvalue weighted by Gasteiger charge is 2.17.